The Morgan fingerprint density at radius 2 is 1.90 bits per heavy atom. The van der Waals surface area contributed by atoms with E-state index in [-0.39, 0.29) is 5.91 Å². The van der Waals surface area contributed by atoms with Crippen LogP contribution in [-0.4, -0.2) is 22.3 Å². The third-order valence-electron chi connectivity index (χ3n) is 4.22. The molecule has 21 heavy (non-hydrogen) atoms. The number of rotatable bonds is 1. The van der Waals surface area contributed by atoms with Gasteiger partial charge in [-0.2, -0.15) is 0 Å². The van der Waals surface area contributed by atoms with Crippen molar-refractivity contribution in [3.05, 3.63) is 71.4 Å². The van der Waals surface area contributed by atoms with E-state index >= 15 is 0 Å². The van der Waals surface area contributed by atoms with E-state index in [9.17, 15) is 4.79 Å². The van der Waals surface area contributed by atoms with Crippen LogP contribution >= 0.6 is 0 Å². The lowest BCUT2D eigenvalue weighted by Gasteiger charge is -2.29. The average molecular weight is 276 g/mol. The van der Waals surface area contributed by atoms with Gasteiger partial charge in [-0.3, -0.25) is 4.79 Å². The van der Waals surface area contributed by atoms with Gasteiger partial charge in [-0.05, 0) is 41.1 Å². The molecule has 0 atom stereocenters. The van der Waals surface area contributed by atoms with Crippen LogP contribution in [-0.2, 0) is 13.0 Å². The highest BCUT2D eigenvalue weighted by Gasteiger charge is 2.21. The van der Waals surface area contributed by atoms with Crippen LogP contribution in [0.15, 0.2) is 54.7 Å². The van der Waals surface area contributed by atoms with Crippen LogP contribution in [0.3, 0.4) is 0 Å². The molecule has 3 aromatic rings. The first-order valence-electron chi connectivity index (χ1n) is 7.24. The van der Waals surface area contributed by atoms with Crippen LogP contribution in [0, 0.1) is 0 Å². The first-order chi connectivity index (χ1) is 10.3. The SMILES string of the molecule is O=C(c1ccc2cc[nH]c2c1)N1CCc2ccccc2C1. The molecule has 2 aromatic carbocycles. The van der Waals surface area contributed by atoms with Crippen molar-refractivity contribution in [3.63, 3.8) is 0 Å². The third kappa shape index (κ3) is 2.11. The molecule has 2 heterocycles. The number of benzene rings is 2. The minimum absolute atomic E-state index is 0.112. The van der Waals surface area contributed by atoms with Gasteiger partial charge in [-0.15, -0.1) is 0 Å². The molecule has 0 aliphatic carbocycles. The maximum atomic E-state index is 12.7. The molecule has 3 nitrogen and oxygen atoms in total. The smallest absolute Gasteiger partial charge is 0.254 e. The second-order valence-electron chi connectivity index (χ2n) is 5.53. The number of amides is 1. The monoisotopic (exact) mass is 276 g/mol. The van der Waals surface area contributed by atoms with E-state index in [2.05, 4.69) is 23.2 Å². The number of nitrogens with zero attached hydrogens (tertiary/aromatic N) is 1. The van der Waals surface area contributed by atoms with Crippen molar-refractivity contribution in [2.45, 2.75) is 13.0 Å². The fourth-order valence-corrected chi connectivity index (χ4v) is 3.03. The molecule has 0 fully saturated rings. The summed E-state index contributed by atoms with van der Waals surface area (Å²) >= 11 is 0. The van der Waals surface area contributed by atoms with E-state index < -0.39 is 0 Å². The number of nitrogens with one attached hydrogen (secondary N) is 1. The van der Waals surface area contributed by atoms with Crippen LogP contribution < -0.4 is 0 Å². The van der Waals surface area contributed by atoms with Gasteiger partial charge in [0, 0.05) is 30.4 Å². The second-order valence-corrected chi connectivity index (χ2v) is 5.53. The number of carbonyl (C=O) groups is 1. The Balaban J connectivity index is 1.63. The largest absolute Gasteiger partial charge is 0.361 e. The molecule has 1 aliphatic heterocycles. The Bertz CT molecular complexity index is 819. The van der Waals surface area contributed by atoms with Gasteiger partial charge >= 0.3 is 0 Å². The molecule has 104 valence electrons. The summed E-state index contributed by atoms with van der Waals surface area (Å²) in [5, 5.41) is 1.13. The van der Waals surface area contributed by atoms with Crippen molar-refractivity contribution >= 4 is 16.8 Å². The van der Waals surface area contributed by atoms with Crippen molar-refractivity contribution in [1.82, 2.24) is 9.88 Å². The highest BCUT2D eigenvalue weighted by atomic mass is 16.2. The maximum absolute atomic E-state index is 12.7. The summed E-state index contributed by atoms with van der Waals surface area (Å²) in [5.41, 5.74) is 4.39. The van der Waals surface area contributed by atoms with Gasteiger partial charge in [0.05, 0.1) is 0 Å². The van der Waals surface area contributed by atoms with Crippen molar-refractivity contribution in [2.24, 2.45) is 0 Å². The lowest BCUT2D eigenvalue weighted by Crippen LogP contribution is -2.35. The summed E-state index contributed by atoms with van der Waals surface area (Å²) in [6.07, 6.45) is 2.84. The van der Waals surface area contributed by atoms with Gasteiger partial charge in [0.25, 0.3) is 5.91 Å². The van der Waals surface area contributed by atoms with Crippen LogP contribution in [0.25, 0.3) is 10.9 Å². The highest BCUT2D eigenvalue weighted by molar-refractivity contribution is 5.98. The molecule has 1 aliphatic rings. The number of carbonyl (C=O) groups excluding carboxylic acids is 1. The molecular weight excluding hydrogens is 260 g/mol. The minimum Gasteiger partial charge on any atom is -0.361 e. The van der Waals surface area contributed by atoms with Gasteiger partial charge in [-0.1, -0.05) is 30.3 Å². The fraction of sp³-hybridized carbons (Fsp3) is 0.167. The fourth-order valence-electron chi connectivity index (χ4n) is 3.03. The molecule has 0 bridgehead atoms. The Morgan fingerprint density at radius 3 is 2.81 bits per heavy atom. The summed E-state index contributed by atoms with van der Waals surface area (Å²) in [6, 6.07) is 16.2. The van der Waals surface area contributed by atoms with Crippen molar-refractivity contribution in [3.8, 4) is 0 Å². The van der Waals surface area contributed by atoms with Crippen molar-refractivity contribution in [2.75, 3.05) is 6.54 Å². The van der Waals surface area contributed by atoms with Crippen molar-refractivity contribution in [1.29, 1.82) is 0 Å². The zero-order valence-corrected chi connectivity index (χ0v) is 11.7. The molecule has 4 rings (SSSR count). The van der Waals surface area contributed by atoms with E-state index in [1.165, 1.54) is 11.1 Å². The van der Waals surface area contributed by atoms with Gasteiger partial charge in [0.2, 0.25) is 0 Å². The zero-order valence-electron chi connectivity index (χ0n) is 11.7. The lowest BCUT2D eigenvalue weighted by molar-refractivity contribution is 0.0735. The number of H-pyrrole nitrogens is 1. The normalized spacial score (nSPS) is 14.2. The molecule has 0 unspecified atom stereocenters. The van der Waals surface area contributed by atoms with E-state index in [0.717, 1.165) is 29.4 Å². The molecule has 0 saturated heterocycles. The molecule has 0 saturated carbocycles. The molecule has 0 spiro atoms. The van der Waals surface area contributed by atoms with Crippen LogP contribution in [0.4, 0.5) is 0 Å². The molecule has 1 aromatic heterocycles. The van der Waals surface area contributed by atoms with E-state index in [0.29, 0.717) is 6.54 Å². The zero-order chi connectivity index (χ0) is 14.2. The predicted molar refractivity (Wildman–Crippen MR) is 83.2 cm³/mol. The van der Waals surface area contributed by atoms with E-state index in [4.69, 9.17) is 0 Å². The Labute approximate surface area is 123 Å². The molecule has 0 radical (unpaired) electrons. The quantitative estimate of drug-likeness (QED) is 0.727. The first-order valence-corrected chi connectivity index (χ1v) is 7.24. The second kappa shape index (κ2) is 4.77. The summed E-state index contributed by atoms with van der Waals surface area (Å²) in [6.45, 7) is 1.50. The van der Waals surface area contributed by atoms with Crippen LogP contribution in [0.2, 0.25) is 0 Å². The van der Waals surface area contributed by atoms with Crippen LogP contribution in [0.5, 0.6) is 0 Å². The standard InChI is InChI=1S/C18H16N2O/c21-18(15-6-5-14-7-9-19-17(14)11-15)20-10-8-13-3-1-2-4-16(13)12-20/h1-7,9,11,19H,8,10,12H2. The topological polar surface area (TPSA) is 36.1 Å². The molecular formula is C18H16N2O. The lowest BCUT2D eigenvalue weighted by atomic mass is 9.99. The first kappa shape index (κ1) is 12.2. The Morgan fingerprint density at radius 1 is 1.05 bits per heavy atom. The summed E-state index contributed by atoms with van der Waals surface area (Å²) < 4.78 is 0. The Kier molecular flexibility index (Phi) is 2.78. The predicted octanol–water partition coefficient (Wildman–Crippen LogP) is 3.37. The molecule has 1 amide bonds. The Hall–Kier alpha value is -2.55. The summed E-state index contributed by atoms with van der Waals surface area (Å²) in [5.74, 6) is 0.112. The number of aromatic nitrogens is 1. The minimum atomic E-state index is 0.112. The van der Waals surface area contributed by atoms with Crippen LogP contribution in [0.1, 0.15) is 21.5 Å². The number of aromatic amines is 1. The van der Waals surface area contributed by atoms with Gasteiger partial charge in [0.15, 0.2) is 0 Å². The van der Waals surface area contributed by atoms with Crippen molar-refractivity contribution < 1.29 is 4.79 Å². The summed E-state index contributed by atoms with van der Waals surface area (Å²) in [7, 11) is 0. The summed E-state index contributed by atoms with van der Waals surface area (Å²) in [4.78, 5) is 17.8. The van der Waals surface area contributed by atoms with E-state index in [1.54, 1.807) is 0 Å². The highest BCUT2D eigenvalue weighted by Crippen LogP contribution is 2.21. The van der Waals surface area contributed by atoms with Gasteiger partial charge < -0.3 is 9.88 Å². The molecule has 3 heteroatoms. The maximum Gasteiger partial charge on any atom is 0.254 e. The van der Waals surface area contributed by atoms with Gasteiger partial charge in [0.1, 0.15) is 0 Å². The van der Waals surface area contributed by atoms with Gasteiger partial charge in [-0.25, -0.2) is 0 Å². The average Bonchev–Trinajstić information content (AvgIpc) is 3.01. The number of hydrogen-bond donors (Lipinski definition) is 1. The van der Waals surface area contributed by atoms with E-state index in [1.807, 2.05) is 41.4 Å². The number of fused-ring (bicyclic) bond motifs is 2. The third-order valence-corrected chi connectivity index (χ3v) is 4.22. The number of hydrogen-bond acceptors (Lipinski definition) is 1. The molecule has 1 N–H and O–H groups in total.